The maximum atomic E-state index is 13.1. The summed E-state index contributed by atoms with van der Waals surface area (Å²) in [4.78, 5) is 32.2. The van der Waals surface area contributed by atoms with Crippen molar-refractivity contribution >= 4 is 29.1 Å². The predicted octanol–water partition coefficient (Wildman–Crippen LogP) is 4.42. The van der Waals surface area contributed by atoms with Gasteiger partial charge in [0.1, 0.15) is 17.6 Å². The highest BCUT2D eigenvalue weighted by molar-refractivity contribution is 6.46. The van der Waals surface area contributed by atoms with E-state index in [4.69, 9.17) is 16.3 Å². The number of hydrogen-bond acceptors (Lipinski definition) is 5. The first-order chi connectivity index (χ1) is 14.4. The molecule has 7 heteroatoms. The molecule has 156 valence electrons. The molecule has 1 aliphatic carbocycles. The van der Waals surface area contributed by atoms with Gasteiger partial charge in [0.25, 0.3) is 11.7 Å². The molecule has 2 heterocycles. The topological polar surface area (TPSA) is 79.7 Å². The van der Waals surface area contributed by atoms with Crippen LogP contribution in [0, 0.1) is 6.92 Å². The lowest BCUT2D eigenvalue weighted by Crippen LogP contribution is -2.37. The highest BCUT2D eigenvalue weighted by atomic mass is 35.5. The Balaban J connectivity index is 1.95. The minimum atomic E-state index is -0.752. The first-order valence-corrected chi connectivity index (χ1v) is 10.4. The second-order valence-corrected chi connectivity index (χ2v) is 8.13. The number of ketones is 1. The average Bonchev–Trinajstić information content (AvgIpc) is 3.35. The predicted molar refractivity (Wildman–Crippen MR) is 113 cm³/mol. The highest BCUT2D eigenvalue weighted by Gasteiger charge is 2.50. The lowest BCUT2D eigenvalue weighted by Gasteiger charge is -2.30. The number of aromatic nitrogens is 1. The van der Waals surface area contributed by atoms with E-state index in [1.807, 2.05) is 6.92 Å². The molecule has 0 bridgehead atoms. The molecule has 0 radical (unpaired) electrons. The first-order valence-electron chi connectivity index (χ1n) is 9.99. The number of hydrogen-bond donors (Lipinski definition) is 1. The third-order valence-electron chi connectivity index (χ3n) is 5.81. The summed E-state index contributed by atoms with van der Waals surface area (Å²) in [6.07, 6.45) is 5.29. The average molecular weight is 427 g/mol. The number of pyridine rings is 1. The number of aryl methyl sites for hydroxylation is 1. The van der Waals surface area contributed by atoms with E-state index in [9.17, 15) is 14.7 Å². The van der Waals surface area contributed by atoms with Gasteiger partial charge >= 0.3 is 0 Å². The highest BCUT2D eigenvalue weighted by Crippen LogP contribution is 2.44. The van der Waals surface area contributed by atoms with Crippen LogP contribution < -0.4 is 4.74 Å². The van der Waals surface area contributed by atoms with E-state index in [1.165, 1.54) is 7.11 Å². The normalized spacial score (nSPS) is 21.4. The number of methoxy groups -OCH3 is 1. The zero-order chi connectivity index (χ0) is 21.4. The molecule has 1 aliphatic heterocycles. The van der Waals surface area contributed by atoms with Crippen LogP contribution in [0.2, 0.25) is 5.02 Å². The Morgan fingerprint density at radius 1 is 1.23 bits per heavy atom. The molecule has 1 atom stereocenters. The van der Waals surface area contributed by atoms with E-state index in [0.717, 1.165) is 31.2 Å². The molecule has 4 rings (SSSR count). The number of carbonyl (C=O) groups excluding carboxylic acids is 2. The van der Waals surface area contributed by atoms with E-state index < -0.39 is 17.7 Å². The minimum Gasteiger partial charge on any atom is -0.507 e. The van der Waals surface area contributed by atoms with Crippen LogP contribution >= 0.6 is 11.6 Å². The van der Waals surface area contributed by atoms with Crippen molar-refractivity contribution in [1.82, 2.24) is 9.88 Å². The summed E-state index contributed by atoms with van der Waals surface area (Å²) in [6.45, 7) is 1.83. The van der Waals surface area contributed by atoms with Crippen LogP contribution in [0.3, 0.4) is 0 Å². The van der Waals surface area contributed by atoms with Crippen LogP contribution in [-0.4, -0.2) is 39.8 Å². The van der Waals surface area contributed by atoms with Crippen molar-refractivity contribution in [2.45, 2.75) is 44.7 Å². The summed E-state index contributed by atoms with van der Waals surface area (Å²) in [7, 11) is 1.45. The minimum absolute atomic E-state index is 0.0190. The Hall–Kier alpha value is -2.86. The molecule has 1 saturated heterocycles. The number of aliphatic hydroxyl groups is 1. The molecule has 2 aliphatic rings. The second kappa shape index (κ2) is 8.11. The van der Waals surface area contributed by atoms with Gasteiger partial charge in [-0.1, -0.05) is 30.5 Å². The van der Waals surface area contributed by atoms with E-state index in [-0.39, 0.29) is 28.7 Å². The van der Waals surface area contributed by atoms with Crippen molar-refractivity contribution in [1.29, 1.82) is 0 Å². The Bertz CT molecular complexity index is 1030. The summed E-state index contributed by atoms with van der Waals surface area (Å²) >= 11 is 6.30. The van der Waals surface area contributed by atoms with Crippen molar-refractivity contribution < 1.29 is 19.4 Å². The summed E-state index contributed by atoms with van der Waals surface area (Å²) in [5, 5.41) is 11.6. The number of nitrogens with zero attached hydrogens (tertiary/aromatic N) is 2. The molecule has 1 aromatic heterocycles. The third kappa shape index (κ3) is 3.35. The monoisotopic (exact) mass is 426 g/mol. The number of carbonyl (C=O) groups is 2. The van der Waals surface area contributed by atoms with Crippen molar-refractivity contribution in [2.24, 2.45) is 0 Å². The van der Waals surface area contributed by atoms with Gasteiger partial charge in [-0.05, 0) is 49.6 Å². The molecule has 0 spiro atoms. The van der Waals surface area contributed by atoms with Crippen molar-refractivity contribution in [2.75, 3.05) is 7.11 Å². The largest absolute Gasteiger partial charge is 0.507 e. The lowest BCUT2D eigenvalue weighted by atomic mass is 9.96. The smallest absolute Gasteiger partial charge is 0.295 e. The van der Waals surface area contributed by atoms with Gasteiger partial charge in [0.2, 0.25) is 0 Å². The Morgan fingerprint density at radius 2 is 1.97 bits per heavy atom. The van der Waals surface area contributed by atoms with Crippen LogP contribution in [0.5, 0.6) is 5.75 Å². The molecule has 2 fully saturated rings. The van der Waals surface area contributed by atoms with E-state index in [0.29, 0.717) is 10.7 Å². The Labute approximate surface area is 180 Å². The molecular weight excluding hydrogens is 404 g/mol. The number of rotatable bonds is 4. The number of ether oxygens (including phenoxy) is 1. The van der Waals surface area contributed by atoms with Crippen LogP contribution in [0.25, 0.3) is 5.76 Å². The van der Waals surface area contributed by atoms with Crippen molar-refractivity contribution in [3.63, 3.8) is 0 Å². The van der Waals surface area contributed by atoms with E-state index >= 15 is 0 Å². The fraction of sp³-hybridized carbons (Fsp3) is 0.348. The quantitative estimate of drug-likeness (QED) is 0.445. The fourth-order valence-corrected chi connectivity index (χ4v) is 4.85. The van der Waals surface area contributed by atoms with Gasteiger partial charge in [0.05, 0.1) is 29.0 Å². The number of Topliss-reactive ketones (excluding diaryl/α,β-unsaturated/α-hetero) is 1. The number of aliphatic hydroxyl groups excluding tert-OH is 1. The maximum Gasteiger partial charge on any atom is 0.295 e. The van der Waals surface area contributed by atoms with Gasteiger partial charge in [-0.2, -0.15) is 0 Å². The molecule has 1 aromatic carbocycles. The third-order valence-corrected chi connectivity index (χ3v) is 6.09. The van der Waals surface area contributed by atoms with Crippen molar-refractivity contribution in [3.05, 3.63) is 63.9 Å². The molecular formula is C23H23ClN2O4. The van der Waals surface area contributed by atoms with E-state index in [1.54, 1.807) is 41.4 Å². The van der Waals surface area contributed by atoms with E-state index in [2.05, 4.69) is 4.98 Å². The number of benzene rings is 1. The molecule has 1 saturated carbocycles. The van der Waals surface area contributed by atoms with Gasteiger partial charge in [-0.3, -0.25) is 14.6 Å². The SMILES string of the molecule is COc1c(Cl)cc(C)cc1/C(O)=C1\C(=O)C(=O)N(C2CCCC2)C1c1ccccn1. The van der Waals surface area contributed by atoms with Gasteiger partial charge in [-0.25, -0.2) is 0 Å². The molecule has 2 aromatic rings. The van der Waals surface area contributed by atoms with Crippen LogP contribution in [0.4, 0.5) is 0 Å². The van der Waals surface area contributed by atoms with Crippen molar-refractivity contribution in [3.8, 4) is 5.75 Å². The summed E-state index contributed by atoms with van der Waals surface area (Å²) in [5.41, 5.74) is 1.64. The lowest BCUT2D eigenvalue weighted by molar-refractivity contribution is -0.141. The molecule has 6 nitrogen and oxygen atoms in total. The van der Waals surface area contributed by atoms with Gasteiger partial charge in [0, 0.05) is 12.2 Å². The maximum absolute atomic E-state index is 13.1. The fourth-order valence-electron chi connectivity index (χ4n) is 4.49. The van der Waals surface area contributed by atoms with Gasteiger partial charge in [0.15, 0.2) is 0 Å². The molecule has 1 N–H and O–H groups in total. The Kier molecular flexibility index (Phi) is 5.52. The zero-order valence-electron chi connectivity index (χ0n) is 16.9. The number of halogens is 1. The van der Waals surface area contributed by atoms with Gasteiger partial charge < -0.3 is 14.7 Å². The standard InChI is InChI=1S/C23H23ClN2O4/c1-13-11-15(22(30-2)16(24)12-13)20(27)18-19(17-9-5-6-10-25-17)26(23(29)21(18)28)14-7-3-4-8-14/h5-6,9-12,14,19,27H,3-4,7-8H2,1-2H3/b20-18+. The summed E-state index contributed by atoms with van der Waals surface area (Å²) in [5.74, 6) is -1.36. The number of amides is 1. The van der Waals surface area contributed by atoms with Gasteiger partial charge in [-0.15, -0.1) is 0 Å². The molecule has 30 heavy (non-hydrogen) atoms. The Morgan fingerprint density at radius 3 is 2.60 bits per heavy atom. The zero-order valence-corrected chi connectivity index (χ0v) is 17.6. The summed E-state index contributed by atoms with van der Waals surface area (Å²) < 4.78 is 5.39. The first kappa shape index (κ1) is 20.4. The second-order valence-electron chi connectivity index (χ2n) is 7.73. The molecule has 1 amide bonds. The summed E-state index contributed by atoms with van der Waals surface area (Å²) in [6, 6.07) is 7.95. The van der Waals surface area contributed by atoms with Crippen LogP contribution in [0.1, 0.15) is 48.5 Å². The number of likely N-dealkylation sites (tertiary alicyclic amines) is 1. The molecule has 1 unspecified atom stereocenters. The van der Waals surface area contributed by atoms with Crippen LogP contribution in [0.15, 0.2) is 42.1 Å². The van der Waals surface area contributed by atoms with Crippen LogP contribution in [-0.2, 0) is 9.59 Å².